The summed E-state index contributed by atoms with van der Waals surface area (Å²) in [5.41, 5.74) is 0. The first-order valence-corrected chi connectivity index (χ1v) is 3.74. The van der Waals surface area contributed by atoms with E-state index in [0.29, 0.717) is 12.5 Å². The molecule has 1 aliphatic rings. The van der Waals surface area contributed by atoms with Crippen LogP contribution in [-0.4, -0.2) is 25.7 Å². The summed E-state index contributed by atoms with van der Waals surface area (Å²) in [7, 11) is 0. The predicted molar refractivity (Wildman–Crippen MR) is 39.5 cm³/mol. The summed E-state index contributed by atoms with van der Waals surface area (Å²) in [5.74, 6) is 0. The van der Waals surface area contributed by atoms with Gasteiger partial charge in [0.25, 0.3) is 0 Å². The first-order chi connectivity index (χ1) is 4.93. The summed E-state index contributed by atoms with van der Waals surface area (Å²) in [6.07, 6.45) is 1.64. The molecule has 0 bridgehead atoms. The molecule has 0 aromatic carbocycles. The minimum atomic E-state index is 0.522. The third kappa shape index (κ3) is 2.34. The van der Waals surface area contributed by atoms with Gasteiger partial charge in [-0.25, -0.2) is 0 Å². The molecule has 2 N–H and O–H groups in total. The third-order valence-electron chi connectivity index (χ3n) is 1.73. The zero-order valence-corrected chi connectivity index (χ0v) is 6.06. The molecule has 1 fully saturated rings. The molecule has 0 aromatic rings. The highest BCUT2D eigenvalue weighted by atomic mass is 15.0. The normalized spacial score (nSPS) is 25.7. The molecule has 1 aliphatic heterocycles. The second-order valence-electron chi connectivity index (χ2n) is 2.55. The first-order valence-electron chi connectivity index (χ1n) is 3.74. The molecule has 0 aromatic heterocycles. The fourth-order valence-electron chi connectivity index (χ4n) is 1.16. The van der Waals surface area contributed by atoms with Gasteiger partial charge in [0.15, 0.2) is 0 Å². The molecule has 0 aliphatic carbocycles. The van der Waals surface area contributed by atoms with Gasteiger partial charge in [-0.2, -0.15) is 5.26 Å². The average molecular weight is 139 g/mol. The maximum atomic E-state index is 8.30. The third-order valence-corrected chi connectivity index (χ3v) is 1.73. The molecule has 0 spiro atoms. The smallest absolute Gasteiger partial charge is 0.0622 e. The van der Waals surface area contributed by atoms with Crippen LogP contribution in [0.1, 0.15) is 12.8 Å². The molecule has 0 amide bonds. The Hall–Kier alpha value is -0.590. The molecule has 0 radical (unpaired) electrons. The number of hydrogen-bond acceptors (Lipinski definition) is 3. The van der Waals surface area contributed by atoms with Crippen molar-refractivity contribution in [1.82, 2.24) is 10.6 Å². The number of rotatable bonds is 2. The van der Waals surface area contributed by atoms with E-state index >= 15 is 0 Å². The van der Waals surface area contributed by atoms with E-state index in [1.165, 1.54) is 0 Å². The lowest BCUT2D eigenvalue weighted by atomic mass is 10.1. The Kier molecular flexibility index (Phi) is 3.20. The van der Waals surface area contributed by atoms with E-state index in [0.717, 1.165) is 26.1 Å². The van der Waals surface area contributed by atoms with Crippen molar-refractivity contribution in [1.29, 1.82) is 5.26 Å². The predicted octanol–water partition coefficient (Wildman–Crippen LogP) is -0.148. The largest absolute Gasteiger partial charge is 0.314 e. The van der Waals surface area contributed by atoms with E-state index in [4.69, 9.17) is 5.26 Å². The van der Waals surface area contributed by atoms with Gasteiger partial charge in [-0.3, -0.25) is 0 Å². The Morgan fingerprint density at radius 1 is 1.50 bits per heavy atom. The van der Waals surface area contributed by atoms with Crippen molar-refractivity contribution in [2.45, 2.75) is 18.9 Å². The van der Waals surface area contributed by atoms with Crippen LogP contribution in [0, 0.1) is 11.3 Å². The van der Waals surface area contributed by atoms with Crippen molar-refractivity contribution in [2.75, 3.05) is 19.6 Å². The number of nitriles is 1. The fourth-order valence-corrected chi connectivity index (χ4v) is 1.16. The van der Waals surface area contributed by atoms with Crippen LogP contribution in [0.25, 0.3) is 0 Å². The lowest BCUT2D eigenvalue weighted by molar-refractivity contribution is 0.402. The zero-order valence-electron chi connectivity index (χ0n) is 6.06. The molecular formula is C7H13N3. The van der Waals surface area contributed by atoms with Crippen LogP contribution in [0.3, 0.4) is 0 Å². The van der Waals surface area contributed by atoms with Crippen LogP contribution in [0.5, 0.6) is 0 Å². The Labute approximate surface area is 61.4 Å². The molecule has 1 heterocycles. The highest BCUT2D eigenvalue weighted by molar-refractivity contribution is 4.80. The van der Waals surface area contributed by atoms with Gasteiger partial charge in [0.2, 0.25) is 0 Å². The molecule has 3 nitrogen and oxygen atoms in total. The summed E-state index contributed by atoms with van der Waals surface area (Å²) in [6.45, 7) is 3.11. The summed E-state index contributed by atoms with van der Waals surface area (Å²) in [5, 5.41) is 14.9. The second kappa shape index (κ2) is 4.26. The van der Waals surface area contributed by atoms with E-state index in [-0.39, 0.29) is 0 Å². The lowest BCUT2D eigenvalue weighted by Crippen LogP contribution is -2.48. The molecule has 0 saturated carbocycles. The van der Waals surface area contributed by atoms with Crippen LogP contribution in [0.2, 0.25) is 0 Å². The van der Waals surface area contributed by atoms with Crippen LogP contribution in [0.4, 0.5) is 0 Å². The van der Waals surface area contributed by atoms with Crippen molar-refractivity contribution < 1.29 is 0 Å². The lowest BCUT2D eigenvalue weighted by Gasteiger charge is -2.23. The monoisotopic (exact) mass is 139 g/mol. The van der Waals surface area contributed by atoms with Gasteiger partial charge in [-0.05, 0) is 6.42 Å². The van der Waals surface area contributed by atoms with E-state index in [1.54, 1.807) is 0 Å². The molecule has 1 saturated heterocycles. The van der Waals surface area contributed by atoms with E-state index in [1.807, 2.05) is 0 Å². The Bertz CT molecular complexity index is 121. The molecule has 10 heavy (non-hydrogen) atoms. The van der Waals surface area contributed by atoms with Crippen molar-refractivity contribution in [2.24, 2.45) is 0 Å². The maximum absolute atomic E-state index is 8.30. The topological polar surface area (TPSA) is 47.9 Å². The molecule has 3 heteroatoms. The molecule has 1 atom stereocenters. The van der Waals surface area contributed by atoms with E-state index in [2.05, 4.69) is 16.7 Å². The summed E-state index contributed by atoms with van der Waals surface area (Å²) in [4.78, 5) is 0. The summed E-state index contributed by atoms with van der Waals surface area (Å²) >= 11 is 0. The Morgan fingerprint density at radius 2 is 2.40 bits per heavy atom. The average Bonchev–Trinajstić information content (AvgIpc) is 2.03. The van der Waals surface area contributed by atoms with Crippen LogP contribution >= 0.6 is 0 Å². The van der Waals surface area contributed by atoms with Gasteiger partial charge in [0.1, 0.15) is 0 Å². The van der Waals surface area contributed by atoms with E-state index in [9.17, 15) is 0 Å². The van der Waals surface area contributed by atoms with Crippen LogP contribution < -0.4 is 10.6 Å². The fraction of sp³-hybridized carbons (Fsp3) is 0.857. The zero-order chi connectivity index (χ0) is 7.23. The van der Waals surface area contributed by atoms with Crippen LogP contribution in [0.15, 0.2) is 0 Å². The summed E-state index contributed by atoms with van der Waals surface area (Å²) < 4.78 is 0. The van der Waals surface area contributed by atoms with Crippen molar-refractivity contribution in [3.8, 4) is 6.07 Å². The van der Waals surface area contributed by atoms with E-state index < -0.39 is 0 Å². The first kappa shape index (κ1) is 7.52. The van der Waals surface area contributed by atoms with Crippen molar-refractivity contribution >= 4 is 0 Å². The Morgan fingerprint density at radius 3 is 3.00 bits per heavy atom. The minimum absolute atomic E-state index is 0.522. The van der Waals surface area contributed by atoms with Gasteiger partial charge >= 0.3 is 0 Å². The highest BCUT2D eigenvalue weighted by Crippen LogP contribution is 1.96. The van der Waals surface area contributed by atoms with Gasteiger partial charge in [0.05, 0.1) is 6.07 Å². The maximum Gasteiger partial charge on any atom is 0.0622 e. The molecule has 1 unspecified atom stereocenters. The quantitative estimate of drug-likeness (QED) is 0.559. The number of piperazine rings is 1. The van der Waals surface area contributed by atoms with Gasteiger partial charge in [-0.1, -0.05) is 0 Å². The molecule has 56 valence electrons. The number of nitrogens with zero attached hydrogens (tertiary/aromatic N) is 1. The van der Waals surface area contributed by atoms with Crippen molar-refractivity contribution in [3.63, 3.8) is 0 Å². The Balaban J connectivity index is 2.09. The van der Waals surface area contributed by atoms with Gasteiger partial charge in [0, 0.05) is 32.1 Å². The van der Waals surface area contributed by atoms with Crippen molar-refractivity contribution in [3.05, 3.63) is 0 Å². The SMILES string of the molecule is N#CCCC1CNCCN1. The molecule has 1 rings (SSSR count). The minimum Gasteiger partial charge on any atom is -0.314 e. The second-order valence-corrected chi connectivity index (χ2v) is 2.55. The number of hydrogen-bond donors (Lipinski definition) is 2. The van der Waals surface area contributed by atoms with Gasteiger partial charge < -0.3 is 10.6 Å². The highest BCUT2D eigenvalue weighted by Gasteiger charge is 2.09. The number of nitrogens with one attached hydrogen (secondary N) is 2. The standard InChI is InChI=1S/C7H13N3/c8-3-1-2-7-6-9-4-5-10-7/h7,9-10H,1-2,4-6H2. The van der Waals surface area contributed by atoms with Crippen LogP contribution in [-0.2, 0) is 0 Å². The summed E-state index contributed by atoms with van der Waals surface area (Å²) in [6, 6.07) is 2.67. The molecular weight excluding hydrogens is 126 g/mol. The van der Waals surface area contributed by atoms with Gasteiger partial charge in [-0.15, -0.1) is 0 Å².